The highest BCUT2D eigenvalue weighted by Crippen LogP contribution is 2.49. The van der Waals surface area contributed by atoms with Crippen molar-refractivity contribution in [2.75, 3.05) is 20.1 Å². The zero-order chi connectivity index (χ0) is 17.9. The van der Waals surface area contributed by atoms with Crippen LogP contribution in [0.1, 0.15) is 31.0 Å². The molecule has 6 heteroatoms. The van der Waals surface area contributed by atoms with Gasteiger partial charge in [0.2, 0.25) is 0 Å². The van der Waals surface area contributed by atoms with E-state index in [9.17, 15) is 4.39 Å². The lowest BCUT2D eigenvalue weighted by Gasteiger charge is -2.23. The summed E-state index contributed by atoms with van der Waals surface area (Å²) in [5, 5.41) is 3.35. The predicted molar refractivity (Wildman–Crippen MR) is 116 cm³/mol. The number of guanidine groups is 1. The fraction of sp³-hybridized carbons (Fsp3) is 0.450. The quantitative estimate of drug-likeness (QED) is 0.395. The fourth-order valence-corrected chi connectivity index (χ4v) is 3.23. The first-order valence-corrected chi connectivity index (χ1v) is 8.90. The van der Waals surface area contributed by atoms with Crippen LogP contribution in [-0.4, -0.2) is 35.6 Å². The summed E-state index contributed by atoms with van der Waals surface area (Å²) in [6, 6.07) is 11.3. The fourth-order valence-electron chi connectivity index (χ4n) is 3.23. The zero-order valence-electron chi connectivity index (χ0n) is 15.7. The third-order valence-electron chi connectivity index (χ3n) is 4.98. The second kappa shape index (κ2) is 8.88. The van der Waals surface area contributed by atoms with Crippen molar-refractivity contribution in [3.05, 3.63) is 59.7 Å². The van der Waals surface area contributed by atoms with E-state index in [0.717, 1.165) is 37.5 Å². The molecule has 0 amide bonds. The van der Waals surface area contributed by atoms with Crippen molar-refractivity contribution in [1.82, 2.24) is 14.8 Å². The highest BCUT2D eigenvalue weighted by atomic mass is 127. The summed E-state index contributed by atoms with van der Waals surface area (Å²) in [6.07, 6.45) is 4.04. The average molecular weight is 470 g/mol. The molecule has 0 unspecified atom stereocenters. The Kier molecular flexibility index (Phi) is 7.08. The van der Waals surface area contributed by atoms with E-state index in [1.807, 2.05) is 38.5 Å². The summed E-state index contributed by atoms with van der Waals surface area (Å²) in [5.74, 6) is 0.753. The number of halogens is 2. The van der Waals surface area contributed by atoms with E-state index in [0.29, 0.717) is 6.54 Å². The highest BCUT2D eigenvalue weighted by Gasteiger charge is 2.45. The Morgan fingerprint density at radius 3 is 2.58 bits per heavy atom. The second-order valence-corrected chi connectivity index (χ2v) is 6.90. The molecule has 0 spiro atoms. The molecule has 26 heavy (non-hydrogen) atoms. The second-order valence-electron chi connectivity index (χ2n) is 6.90. The molecule has 1 aliphatic rings. The summed E-state index contributed by atoms with van der Waals surface area (Å²) >= 11 is 0. The van der Waals surface area contributed by atoms with Crippen LogP contribution in [0.25, 0.3) is 0 Å². The van der Waals surface area contributed by atoms with Crippen molar-refractivity contribution in [2.45, 2.75) is 31.7 Å². The van der Waals surface area contributed by atoms with Gasteiger partial charge in [0.25, 0.3) is 0 Å². The molecule has 0 radical (unpaired) electrons. The summed E-state index contributed by atoms with van der Waals surface area (Å²) < 4.78 is 16.3. The maximum atomic E-state index is 14.2. The standard InChI is InChI=1S/C20H27FN4.HI/c1-4-22-19(25(3)14-16-8-7-13-24(16)2)23-15-20(11-12-20)17-9-5-6-10-18(17)21;/h5-10,13H,4,11-12,14-15H2,1-3H3,(H,22,23);1H. The van der Waals surface area contributed by atoms with Gasteiger partial charge in [-0.15, -0.1) is 24.0 Å². The predicted octanol–water partition coefficient (Wildman–Crippen LogP) is 3.91. The number of aryl methyl sites for hydroxylation is 1. The molecule has 1 heterocycles. The first kappa shape index (κ1) is 20.7. The maximum Gasteiger partial charge on any atom is 0.194 e. The van der Waals surface area contributed by atoms with Crippen LogP contribution < -0.4 is 5.32 Å². The monoisotopic (exact) mass is 470 g/mol. The molecule has 1 fully saturated rings. The van der Waals surface area contributed by atoms with E-state index in [-0.39, 0.29) is 35.2 Å². The molecule has 1 saturated carbocycles. The Labute approximate surface area is 172 Å². The van der Waals surface area contributed by atoms with E-state index in [4.69, 9.17) is 4.99 Å². The Balaban J connectivity index is 0.00000243. The minimum Gasteiger partial charge on any atom is -0.357 e. The van der Waals surface area contributed by atoms with Crippen molar-refractivity contribution in [3.8, 4) is 0 Å². The van der Waals surface area contributed by atoms with Gasteiger partial charge in [0.1, 0.15) is 5.82 Å². The SMILES string of the molecule is CCNC(=NCC1(c2ccccc2F)CC1)N(C)Cc1cccn1C.I. The Hall–Kier alpha value is -1.57. The molecule has 3 rings (SSSR count). The van der Waals surface area contributed by atoms with Gasteiger partial charge >= 0.3 is 0 Å². The number of aliphatic imine (C=N–C) groups is 1. The van der Waals surface area contributed by atoms with Crippen LogP contribution in [0.3, 0.4) is 0 Å². The van der Waals surface area contributed by atoms with E-state index in [1.54, 1.807) is 12.1 Å². The van der Waals surface area contributed by atoms with Crippen molar-refractivity contribution < 1.29 is 4.39 Å². The third-order valence-corrected chi connectivity index (χ3v) is 4.98. The molecule has 0 aliphatic heterocycles. The van der Waals surface area contributed by atoms with Crippen molar-refractivity contribution in [2.24, 2.45) is 12.0 Å². The van der Waals surface area contributed by atoms with E-state index in [1.165, 1.54) is 5.69 Å². The number of aromatic nitrogens is 1. The molecule has 0 bridgehead atoms. The van der Waals surface area contributed by atoms with Gasteiger partial charge in [-0.3, -0.25) is 4.99 Å². The normalized spacial score (nSPS) is 15.3. The van der Waals surface area contributed by atoms with Gasteiger partial charge in [0.05, 0.1) is 13.1 Å². The van der Waals surface area contributed by atoms with Gasteiger partial charge < -0.3 is 14.8 Å². The Morgan fingerprint density at radius 1 is 1.27 bits per heavy atom. The molecule has 1 N–H and O–H groups in total. The van der Waals surface area contributed by atoms with Crippen LogP contribution in [-0.2, 0) is 19.0 Å². The van der Waals surface area contributed by atoms with Gasteiger partial charge in [-0.1, -0.05) is 18.2 Å². The van der Waals surface area contributed by atoms with Crippen LogP contribution in [0.5, 0.6) is 0 Å². The number of hydrogen-bond donors (Lipinski definition) is 1. The van der Waals surface area contributed by atoms with Crippen molar-refractivity contribution in [1.29, 1.82) is 0 Å². The molecule has 0 saturated heterocycles. The van der Waals surface area contributed by atoms with Crippen LogP contribution in [0.15, 0.2) is 47.6 Å². The summed E-state index contributed by atoms with van der Waals surface area (Å²) in [7, 11) is 4.09. The maximum absolute atomic E-state index is 14.2. The molecule has 1 aromatic carbocycles. The third kappa shape index (κ3) is 4.58. The van der Waals surface area contributed by atoms with Crippen LogP contribution >= 0.6 is 24.0 Å². The molecule has 142 valence electrons. The number of benzene rings is 1. The lowest BCUT2D eigenvalue weighted by molar-refractivity contribution is 0.459. The first-order chi connectivity index (χ1) is 12.1. The van der Waals surface area contributed by atoms with E-state index < -0.39 is 0 Å². The molecule has 0 atom stereocenters. The van der Waals surface area contributed by atoms with Crippen LogP contribution in [0.2, 0.25) is 0 Å². The smallest absolute Gasteiger partial charge is 0.194 e. The molecular formula is C20H28FIN4. The average Bonchev–Trinajstić information content (AvgIpc) is 3.28. The minimum absolute atomic E-state index is 0. The Morgan fingerprint density at radius 2 is 2.00 bits per heavy atom. The Bertz CT molecular complexity index is 752. The first-order valence-electron chi connectivity index (χ1n) is 8.90. The molecule has 4 nitrogen and oxygen atoms in total. The highest BCUT2D eigenvalue weighted by molar-refractivity contribution is 14.0. The summed E-state index contributed by atoms with van der Waals surface area (Å²) in [5.41, 5.74) is 1.90. The number of nitrogens with one attached hydrogen (secondary N) is 1. The van der Waals surface area contributed by atoms with Gasteiger partial charge in [0.15, 0.2) is 5.96 Å². The van der Waals surface area contributed by atoms with Crippen molar-refractivity contribution >= 4 is 29.9 Å². The topological polar surface area (TPSA) is 32.6 Å². The van der Waals surface area contributed by atoms with Gasteiger partial charge in [-0.05, 0) is 43.5 Å². The minimum atomic E-state index is -0.127. The molecule has 2 aromatic rings. The molecule has 1 aromatic heterocycles. The number of hydrogen-bond acceptors (Lipinski definition) is 1. The number of nitrogens with zero attached hydrogens (tertiary/aromatic N) is 3. The largest absolute Gasteiger partial charge is 0.357 e. The van der Waals surface area contributed by atoms with Gasteiger partial charge in [-0.25, -0.2) is 4.39 Å². The van der Waals surface area contributed by atoms with Crippen molar-refractivity contribution in [3.63, 3.8) is 0 Å². The lowest BCUT2D eigenvalue weighted by Crippen LogP contribution is -2.39. The summed E-state index contributed by atoms with van der Waals surface area (Å²) in [4.78, 5) is 6.95. The lowest BCUT2D eigenvalue weighted by atomic mass is 9.95. The van der Waals surface area contributed by atoms with E-state index in [2.05, 4.69) is 27.8 Å². The van der Waals surface area contributed by atoms with Gasteiger partial charge in [-0.2, -0.15) is 0 Å². The molecule has 1 aliphatic carbocycles. The van der Waals surface area contributed by atoms with Gasteiger partial charge in [0, 0.05) is 37.9 Å². The van der Waals surface area contributed by atoms with Crippen LogP contribution in [0.4, 0.5) is 4.39 Å². The number of rotatable bonds is 6. The zero-order valence-corrected chi connectivity index (χ0v) is 18.0. The molecular weight excluding hydrogens is 442 g/mol. The summed E-state index contributed by atoms with van der Waals surface area (Å²) in [6.45, 7) is 4.27. The van der Waals surface area contributed by atoms with E-state index >= 15 is 0 Å². The van der Waals surface area contributed by atoms with Crippen LogP contribution in [0, 0.1) is 5.82 Å².